The summed E-state index contributed by atoms with van der Waals surface area (Å²) in [6.07, 6.45) is 3.00. The molecule has 3 rings (SSSR count). The quantitative estimate of drug-likeness (QED) is 0.282. The van der Waals surface area contributed by atoms with E-state index in [1.54, 1.807) is 6.92 Å². The average Bonchev–Trinajstić information content (AvgIpc) is 2.98. The van der Waals surface area contributed by atoms with Crippen LogP contribution in [0.25, 0.3) is 0 Å². The van der Waals surface area contributed by atoms with Gasteiger partial charge in [0.2, 0.25) is 11.8 Å². The number of anilines is 1. The molecule has 166 valence electrons. The standard InChI is InChI=1S/C20H23N3O8/c1-2-30-12-7-8-15(16(9-12)23(28)29)21-17(24)11-31-18(25)10-22-19(26)13-5-3-4-6-14(13)20(22)27/h7-9,13-14H,2-6,10-11H2,1H3,(H,21,24)/t13-,14-/m1/s1. The second kappa shape index (κ2) is 9.54. The topological polar surface area (TPSA) is 145 Å². The minimum Gasteiger partial charge on any atom is -0.494 e. The summed E-state index contributed by atoms with van der Waals surface area (Å²) in [4.78, 5) is 60.4. The van der Waals surface area contributed by atoms with Crippen LogP contribution in [0.1, 0.15) is 32.6 Å². The molecule has 1 aromatic rings. The number of ether oxygens (including phenoxy) is 2. The fourth-order valence-electron chi connectivity index (χ4n) is 3.92. The number of amides is 3. The number of nitrogens with zero attached hydrogens (tertiary/aromatic N) is 2. The SMILES string of the molecule is CCOc1ccc(NC(=O)COC(=O)CN2C(=O)[C@@H]3CCCC[C@H]3C2=O)c([N+](=O)[O-])c1. The molecule has 0 spiro atoms. The lowest BCUT2D eigenvalue weighted by atomic mass is 9.81. The Hall–Kier alpha value is -3.50. The molecule has 31 heavy (non-hydrogen) atoms. The summed E-state index contributed by atoms with van der Waals surface area (Å²) in [6, 6.07) is 3.95. The molecule has 0 unspecified atom stereocenters. The molecular weight excluding hydrogens is 410 g/mol. The van der Waals surface area contributed by atoms with Crippen LogP contribution >= 0.6 is 0 Å². The molecule has 1 saturated heterocycles. The van der Waals surface area contributed by atoms with Crippen molar-refractivity contribution in [3.05, 3.63) is 28.3 Å². The van der Waals surface area contributed by atoms with E-state index in [1.165, 1.54) is 18.2 Å². The Balaban J connectivity index is 1.54. The number of nitrogens with one attached hydrogen (secondary N) is 1. The van der Waals surface area contributed by atoms with Crippen LogP contribution in [0.2, 0.25) is 0 Å². The Morgan fingerprint density at radius 2 is 1.84 bits per heavy atom. The van der Waals surface area contributed by atoms with Gasteiger partial charge >= 0.3 is 5.97 Å². The summed E-state index contributed by atoms with van der Waals surface area (Å²) in [5, 5.41) is 13.5. The van der Waals surface area contributed by atoms with Gasteiger partial charge in [-0.15, -0.1) is 0 Å². The van der Waals surface area contributed by atoms with Gasteiger partial charge in [-0.2, -0.15) is 0 Å². The second-order valence-electron chi connectivity index (χ2n) is 7.34. The first-order chi connectivity index (χ1) is 14.8. The number of carbonyl (C=O) groups is 4. The highest BCUT2D eigenvalue weighted by molar-refractivity contribution is 6.07. The minimum absolute atomic E-state index is 0.0801. The third kappa shape index (κ3) is 4.98. The average molecular weight is 433 g/mol. The zero-order chi connectivity index (χ0) is 22.5. The first kappa shape index (κ1) is 22.2. The highest BCUT2D eigenvalue weighted by Crippen LogP contribution is 2.37. The van der Waals surface area contributed by atoms with Gasteiger partial charge in [0, 0.05) is 0 Å². The summed E-state index contributed by atoms with van der Waals surface area (Å²) >= 11 is 0. The lowest BCUT2D eigenvalue weighted by molar-refractivity contribution is -0.384. The number of rotatable bonds is 8. The molecule has 11 heteroatoms. The van der Waals surface area contributed by atoms with Crippen molar-refractivity contribution in [2.24, 2.45) is 11.8 Å². The van der Waals surface area contributed by atoms with E-state index in [0.29, 0.717) is 19.4 Å². The van der Waals surface area contributed by atoms with E-state index < -0.39 is 30.0 Å². The van der Waals surface area contributed by atoms with E-state index in [-0.39, 0.29) is 40.8 Å². The highest BCUT2D eigenvalue weighted by Gasteiger charge is 2.48. The maximum Gasteiger partial charge on any atom is 0.326 e. The molecule has 2 atom stereocenters. The molecule has 1 heterocycles. The fraction of sp³-hybridized carbons (Fsp3) is 0.500. The molecule has 1 N–H and O–H groups in total. The monoisotopic (exact) mass is 433 g/mol. The van der Waals surface area contributed by atoms with E-state index in [0.717, 1.165) is 17.7 Å². The molecule has 0 aromatic heterocycles. The lowest BCUT2D eigenvalue weighted by Gasteiger charge is -2.19. The number of imide groups is 1. The molecule has 2 fully saturated rings. The predicted octanol–water partition coefficient (Wildman–Crippen LogP) is 1.65. The Morgan fingerprint density at radius 3 is 2.42 bits per heavy atom. The molecule has 2 aliphatic rings. The van der Waals surface area contributed by atoms with Gasteiger partial charge in [0.1, 0.15) is 18.0 Å². The number of esters is 1. The largest absolute Gasteiger partial charge is 0.494 e. The molecule has 11 nitrogen and oxygen atoms in total. The van der Waals surface area contributed by atoms with Crippen molar-refractivity contribution in [2.75, 3.05) is 25.1 Å². The zero-order valence-corrected chi connectivity index (χ0v) is 17.0. The van der Waals surface area contributed by atoms with Gasteiger partial charge in [-0.05, 0) is 31.9 Å². The van der Waals surface area contributed by atoms with Crippen molar-refractivity contribution in [1.82, 2.24) is 4.90 Å². The van der Waals surface area contributed by atoms with Crippen LogP contribution in [0.3, 0.4) is 0 Å². The van der Waals surface area contributed by atoms with Crippen molar-refractivity contribution < 1.29 is 33.6 Å². The van der Waals surface area contributed by atoms with Crippen molar-refractivity contribution in [1.29, 1.82) is 0 Å². The molecule has 3 amide bonds. The van der Waals surface area contributed by atoms with Gasteiger partial charge in [-0.3, -0.25) is 34.2 Å². The Bertz CT molecular complexity index is 892. The zero-order valence-electron chi connectivity index (χ0n) is 17.0. The summed E-state index contributed by atoms with van der Waals surface area (Å²) < 4.78 is 10.1. The second-order valence-corrected chi connectivity index (χ2v) is 7.34. The van der Waals surface area contributed by atoms with Crippen LogP contribution in [-0.2, 0) is 23.9 Å². The van der Waals surface area contributed by atoms with Crippen LogP contribution < -0.4 is 10.1 Å². The number of hydrogen-bond donors (Lipinski definition) is 1. The predicted molar refractivity (Wildman–Crippen MR) is 106 cm³/mol. The van der Waals surface area contributed by atoms with Crippen LogP contribution in [0.5, 0.6) is 5.75 Å². The van der Waals surface area contributed by atoms with Crippen LogP contribution in [0.15, 0.2) is 18.2 Å². The third-order valence-electron chi connectivity index (χ3n) is 5.33. The van der Waals surface area contributed by atoms with E-state index in [2.05, 4.69) is 5.32 Å². The maximum atomic E-state index is 12.4. The van der Waals surface area contributed by atoms with Crippen LogP contribution in [0, 0.1) is 22.0 Å². The fourth-order valence-corrected chi connectivity index (χ4v) is 3.92. The minimum atomic E-state index is -0.906. The van der Waals surface area contributed by atoms with Gasteiger partial charge in [-0.25, -0.2) is 0 Å². The van der Waals surface area contributed by atoms with Crippen molar-refractivity contribution in [3.63, 3.8) is 0 Å². The van der Waals surface area contributed by atoms with Gasteiger partial charge < -0.3 is 14.8 Å². The summed E-state index contributed by atoms with van der Waals surface area (Å²) in [5.41, 5.74) is -0.454. The maximum absolute atomic E-state index is 12.4. The smallest absolute Gasteiger partial charge is 0.326 e. The van der Waals surface area contributed by atoms with Gasteiger partial charge in [0.25, 0.3) is 11.6 Å². The number of nitro benzene ring substituents is 1. The summed E-state index contributed by atoms with van der Waals surface area (Å²) in [5.74, 6) is -2.93. The molecule has 1 saturated carbocycles. The normalized spacial score (nSPS) is 20.2. The van der Waals surface area contributed by atoms with E-state index >= 15 is 0 Å². The van der Waals surface area contributed by atoms with E-state index in [1.807, 2.05) is 0 Å². The highest BCUT2D eigenvalue weighted by atomic mass is 16.6. The number of fused-ring (bicyclic) bond motifs is 1. The van der Waals surface area contributed by atoms with Crippen LogP contribution in [-0.4, -0.2) is 53.3 Å². The first-order valence-corrected chi connectivity index (χ1v) is 10.0. The molecule has 1 aromatic carbocycles. The molecular formula is C20H23N3O8. The Kier molecular flexibility index (Phi) is 6.83. The number of carbonyl (C=O) groups excluding carboxylic acids is 4. The molecule has 0 bridgehead atoms. The van der Waals surface area contributed by atoms with E-state index in [4.69, 9.17) is 9.47 Å². The lowest BCUT2D eigenvalue weighted by Crippen LogP contribution is -2.37. The molecule has 1 aliphatic heterocycles. The number of benzene rings is 1. The number of nitro groups is 1. The van der Waals surface area contributed by atoms with E-state index in [9.17, 15) is 29.3 Å². The van der Waals surface area contributed by atoms with Gasteiger partial charge in [0.15, 0.2) is 6.61 Å². The third-order valence-corrected chi connectivity index (χ3v) is 5.33. The van der Waals surface area contributed by atoms with Crippen molar-refractivity contribution in [3.8, 4) is 5.75 Å². The summed E-state index contributed by atoms with van der Waals surface area (Å²) in [6.45, 7) is 0.781. The number of likely N-dealkylation sites (tertiary alicyclic amines) is 1. The first-order valence-electron chi connectivity index (χ1n) is 10.0. The van der Waals surface area contributed by atoms with Gasteiger partial charge in [-0.1, -0.05) is 12.8 Å². The number of hydrogen-bond acceptors (Lipinski definition) is 8. The van der Waals surface area contributed by atoms with Crippen molar-refractivity contribution in [2.45, 2.75) is 32.6 Å². The Labute approximate surface area is 177 Å². The van der Waals surface area contributed by atoms with Crippen molar-refractivity contribution >= 4 is 35.1 Å². The Morgan fingerprint density at radius 1 is 1.19 bits per heavy atom. The molecule has 1 aliphatic carbocycles. The molecule has 0 radical (unpaired) electrons. The summed E-state index contributed by atoms with van der Waals surface area (Å²) in [7, 11) is 0. The van der Waals surface area contributed by atoms with Crippen LogP contribution in [0.4, 0.5) is 11.4 Å². The van der Waals surface area contributed by atoms with Gasteiger partial charge in [0.05, 0.1) is 29.4 Å².